The maximum Gasteiger partial charge on any atom is 0.408 e. The van der Waals surface area contributed by atoms with E-state index >= 15 is 0 Å². The quantitative estimate of drug-likeness (QED) is 0.916. The van der Waals surface area contributed by atoms with Crippen molar-refractivity contribution in [3.63, 3.8) is 0 Å². The number of alkyl carbamates (subject to hydrolysis) is 1. The summed E-state index contributed by atoms with van der Waals surface area (Å²) in [4.78, 5) is 27.8. The fourth-order valence-electron chi connectivity index (χ4n) is 1.77. The highest BCUT2D eigenvalue weighted by Crippen LogP contribution is 2.20. The largest absolute Gasteiger partial charge is 0.445 e. The lowest BCUT2D eigenvalue weighted by Crippen LogP contribution is -2.44. The molecule has 2 amide bonds. The molecule has 0 aromatic heterocycles. The Morgan fingerprint density at radius 2 is 2.05 bits per heavy atom. The van der Waals surface area contributed by atoms with Crippen LogP contribution in [0, 0.1) is 0 Å². The van der Waals surface area contributed by atoms with E-state index in [-0.39, 0.29) is 18.3 Å². The van der Waals surface area contributed by atoms with E-state index in [1.165, 1.54) is 0 Å². The van der Waals surface area contributed by atoms with E-state index in [1.54, 1.807) is 30.3 Å². The number of alkyl halides is 3. The number of carbonyl (C=O) groups is 2. The van der Waals surface area contributed by atoms with Crippen molar-refractivity contribution in [3.8, 4) is 0 Å². The third-order valence-corrected chi connectivity index (χ3v) is 2.77. The fraction of sp³-hybridized carbons (Fsp3) is 0.385. The minimum Gasteiger partial charge on any atom is -0.445 e. The van der Waals surface area contributed by atoms with Crippen molar-refractivity contribution in [1.29, 1.82) is 0 Å². The van der Waals surface area contributed by atoms with Gasteiger partial charge in [-0.2, -0.15) is 13.2 Å². The molecule has 22 heavy (non-hydrogen) atoms. The summed E-state index contributed by atoms with van der Waals surface area (Å²) in [5, 5.41) is 2.35. The molecule has 1 unspecified atom stereocenters. The van der Waals surface area contributed by atoms with Gasteiger partial charge < -0.3 is 10.1 Å². The average molecular weight is 318 g/mol. The van der Waals surface area contributed by atoms with E-state index in [0.717, 1.165) is 5.56 Å². The van der Waals surface area contributed by atoms with Crippen LogP contribution in [0.15, 0.2) is 30.3 Å². The number of nitrogens with zero attached hydrogens (tertiary/aromatic N) is 1. The molecule has 120 valence electrons. The van der Waals surface area contributed by atoms with Gasteiger partial charge >= 0.3 is 12.3 Å². The van der Waals surface area contributed by atoms with Crippen molar-refractivity contribution in [3.05, 3.63) is 35.9 Å². The molecule has 1 aromatic carbocycles. The molecule has 1 aliphatic rings. The van der Waals surface area contributed by atoms with E-state index in [1.807, 2.05) is 0 Å². The zero-order valence-corrected chi connectivity index (χ0v) is 11.3. The smallest absolute Gasteiger partial charge is 0.408 e. The highest BCUT2D eigenvalue weighted by atomic mass is 19.4. The Morgan fingerprint density at radius 3 is 2.68 bits per heavy atom. The van der Waals surface area contributed by atoms with Gasteiger partial charge in [-0.05, 0) is 5.56 Å². The van der Waals surface area contributed by atoms with Crippen LogP contribution in [-0.2, 0) is 21.0 Å². The molecule has 9 heteroatoms. The normalized spacial score (nSPS) is 18.4. The summed E-state index contributed by atoms with van der Waals surface area (Å²) in [6.45, 7) is -1.90. The fourth-order valence-corrected chi connectivity index (χ4v) is 1.77. The van der Waals surface area contributed by atoms with Gasteiger partial charge in [-0.25, -0.2) is 9.86 Å². The van der Waals surface area contributed by atoms with Crippen LogP contribution in [0.25, 0.3) is 0 Å². The zero-order valence-electron chi connectivity index (χ0n) is 11.3. The molecular formula is C13H13F3N2O4. The van der Waals surface area contributed by atoms with Crippen LogP contribution in [0.4, 0.5) is 18.0 Å². The molecule has 1 atom stereocenters. The second-order valence-electron chi connectivity index (χ2n) is 4.54. The summed E-state index contributed by atoms with van der Waals surface area (Å²) in [5.41, 5.74) is 0.741. The van der Waals surface area contributed by atoms with Gasteiger partial charge in [0.15, 0.2) is 0 Å². The molecule has 1 N–H and O–H groups in total. The number of carbonyl (C=O) groups excluding carboxylic acids is 2. The molecule has 1 aromatic rings. The first kappa shape index (κ1) is 16.1. The van der Waals surface area contributed by atoms with E-state index in [9.17, 15) is 22.8 Å². The third-order valence-electron chi connectivity index (χ3n) is 2.77. The summed E-state index contributed by atoms with van der Waals surface area (Å²) in [6, 6.07) is 7.61. The molecule has 0 aliphatic carbocycles. The molecule has 1 saturated heterocycles. The zero-order chi connectivity index (χ0) is 16.2. The Balaban J connectivity index is 1.79. The van der Waals surface area contributed by atoms with Gasteiger partial charge in [0.2, 0.25) is 0 Å². The maximum absolute atomic E-state index is 12.2. The summed E-state index contributed by atoms with van der Waals surface area (Å²) >= 11 is 0. The average Bonchev–Trinajstić information content (AvgIpc) is 2.77. The van der Waals surface area contributed by atoms with E-state index in [4.69, 9.17) is 4.74 Å². The first-order valence-corrected chi connectivity index (χ1v) is 6.33. The number of nitrogens with one attached hydrogen (secondary N) is 1. The highest BCUT2D eigenvalue weighted by Gasteiger charge is 2.41. The molecule has 0 spiro atoms. The topological polar surface area (TPSA) is 67.9 Å². The number of halogens is 3. The monoisotopic (exact) mass is 318 g/mol. The van der Waals surface area contributed by atoms with Crippen LogP contribution in [0.5, 0.6) is 0 Å². The number of ether oxygens (including phenoxy) is 1. The van der Waals surface area contributed by atoms with Crippen molar-refractivity contribution < 1.29 is 32.3 Å². The summed E-state index contributed by atoms with van der Waals surface area (Å²) < 4.78 is 41.5. The summed E-state index contributed by atoms with van der Waals surface area (Å²) in [7, 11) is 0. The van der Waals surface area contributed by atoms with Crippen molar-refractivity contribution in [2.24, 2.45) is 0 Å². The first-order chi connectivity index (χ1) is 10.3. The second kappa shape index (κ2) is 6.65. The van der Waals surface area contributed by atoms with E-state index in [0.29, 0.717) is 0 Å². The molecule has 0 bridgehead atoms. The summed E-state index contributed by atoms with van der Waals surface area (Å²) in [5.74, 6) is -0.964. The standard InChI is InChI=1S/C13H13F3N2O4/c14-13(15,16)8-18-11(19)10(7-22-18)17-12(20)21-6-9-4-2-1-3-5-9/h1-5,10H,6-8H2,(H,17,20). The van der Waals surface area contributed by atoms with Gasteiger partial charge in [-0.1, -0.05) is 30.3 Å². The number of rotatable bonds is 4. The Kier molecular flexibility index (Phi) is 4.86. The van der Waals surface area contributed by atoms with Crippen LogP contribution in [-0.4, -0.2) is 42.4 Å². The highest BCUT2D eigenvalue weighted by molar-refractivity contribution is 5.86. The van der Waals surface area contributed by atoms with E-state index < -0.39 is 30.8 Å². The Hall–Kier alpha value is -2.29. The van der Waals surface area contributed by atoms with E-state index in [2.05, 4.69) is 10.2 Å². The minimum absolute atomic E-state index is 0.0132. The predicted molar refractivity (Wildman–Crippen MR) is 67.3 cm³/mol. The minimum atomic E-state index is -4.57. The van der Waals surface area contributed by atoms with Crippen LogP contribution in [0.3, 0.4) is 0 Å². The predicted octanol–water partition coefficient (Wildman–Crippen LogP) is 1.62. The van der Waals surface area contributed by atoms with Crippen molar-refractivity contribution in [1.82, 2.24) is 10.4 Å². The van der Waals surface area contributed by atoms with Gasteiger partial charge in [-0.3, -0.25) is 9.63 Å². The third kappa shape index (κ3) is 4.62. The van der Waals surface area contributed by atoms with Gasteiger partial charge in [-0.15, -0.1) is 0 Å². The number of hydrogen-bond acceptors (Lipinski definition) is 4. The molecule has 2 rings (SSSR count). The summed E-state index contributed by atoms with van der Waals surface area (Å²) in [6.07, 6.45) is -5.47. The Labute approximate surface area is 123 Å². The molecule has 1 aliphatic heterocycles. The SMILES string of the molecule is O=C(NC1CON(CC(F)(F)F)C1=O)OCc1ccccc1. The number of hydrogen-bond donors (Lipinski definition) is 1. The number of hydroxylamine groups is 2. The van der Waals surface area contributed by atoms with Gasteiger partial charge in [0.1, 0.15) is 25.8 Å². The molecule has 1 fully saturated rings. The Morgan fingerprint density at radius 1 is 1.36 bits per heavy atom. The van der Waals surface area contributed by atoms with Crippen LogP contribution in [0.1, 0.15) is 5.56 Å². The molecule has 0 radical (unpaired) electrons. The van der Waals surface area contributed by atoms with Crippen LogP contribution < -0.4 is 5.32 Å². The molecule has 0 saturated carbocycles. The second-order valence-corrected chi connectivity index (χ2v) is 4.54. The number of benzene rings is 1. The lowest BCUT2D eigenvalue weighted by molar-refractivity contribution is -0.214. The van der Waals surface area contributed by atoms with Crippen molar-refractivity contribution in [2.75, 3.05) is 13.2 Å². The van der Waals surface area contributed by atoms with Gasteiger partial charge in [0, 0.05) is 0 Å². The Bertz CT molecular complexity index is 536. The molecule has 6 nitrogen and oxygen atoms in total. The molecular weight excluding hydrogens is 305 g/mol. The van der Waals surface area contributed by atoms with Crippen molar-refractivity contribution >= 4 is 12.0 Å². The van der Waals surface area contributed by atoms with Crippen LogP contribution in [0.2, 0.25) is 0 Å². The first-order valence-electron chi connectivity index (χ1n) is 6.33. The number of amides is 2. The maximum atomic E-state index is 12.2. The van der Waals surface area contributed by atoms with Crippen LogP contribution >= 0.6 is 0 Å². The van der Waals surface area contributed by atoms with Gasteiger partial charge in [0.25, 0.3) is 5.91 Å². The molecule has 1 heterocycles. The lowest BCUT2D eigenvalue weighted by atomic mass is 10.2. The van der Waals surface area contributed by atoms with Gasteiger partial charge in [0.05, 0.1) is 0 Å². The van der Waals surface area contributed by atoms with Crippen molar-refractivity contribution in [2.45, 2.75) is 18.8 Å². The lowest BCUT2D eigenvalue weighted by Gasteiger charge is -2.16.